The standard InChI is InChI=1S/C19H19BrF2N2S/c20-14-5-8-17(16(22)11-14)24-18(25)23-12-19(9-1-2-10-19)13-3-6-15(21)7-4-13/h3-8,11H,1-2,9-10,12H2,(H2,23,24,25). The van der Waals surface area contributed by atoms with Gasteiger partial charge in [0, 0.05) is 16.4 Å². The second-order valence-corrected chi connectivity index (χ2v) is 7.75. The molecule has 6 heteroatoms. The first-order valence-corrected chi connectivity index (χ1v) is 9.45. The third-order valence-electron chi connectivity index (χ3n) is 4.78. The average molecular weight is 425 g/mol. The lowest BCUT2D eigenvalue weighted by atomic mass is 9.79. The van der Waals surface area contributed by atoms with Crippen LogP contribution in [0.3, 0.4) is 0 Å². The highest BCUT2D eigenvalue weighted by molar-refractivity contribution is 9.10. The van der Waals surface area contributed by atoms with Crippen molar-refractivity contribution >= 4 is 38.9 Å². The van der Waals surface area contributed by atoms with Gasteiger partial charge in [-0.15, -0.1) is 0 Å². The lowest BCUT2D eigenvalue weighted by molar-refractivity contribution is 0.434. The Morgan fingerprint density at radius 3 is 2.40 bits per heavy atom. The SMILES string of the molecule is Fc1ccc(C2(CNC(=S)Nc3ccc(Br)cc3F)CCCC2)cc1. The van der Waals surface area contributed by atoms with Gasteiger partial charge in [0.1, 0.15) is 11.6 Å². The number of thiocarbonyl (C=S) groups is 1. The molecule has 1 saturated carbocycles. The summed E-state index contributed by atoms with van der Waals surface area (Å²) >= 11 is 8.56. The van der Waals surface area contributed by atoms with E-state index in [1.54, 1.807) is 12.1 Å². The van der Waals surface area contributed by atoms with Gasteiger partial charge < -0.3 is 10.6 Å². The van der Waals surface area contributed by atoms with E-state index >= 15 is 0 Å². The van der Waals surface area contributed by atoms with Crippen molar-refractivity contribution < 1.29 is 8.78 Å². The summed E-state index contributed by atoms with van der Waals surface area (Å²) in [7, 11) is 0. The number of benzene rings is 2. The first-order chi connectivity index (χ1) is 12.0. The second-order valence-electron chi connectivity index (χ2n) is 6.43. The third-order valence-corrected chi connectivity index (χ3v) is 5.52. The molecule has 0 bridgehead atoms. The summed E-state index contributed by atoms with van der Waals surface area (Å²) in [6.45, 7) is 0.641. The van der Waals surface area contributed by atoms with E-state index in [-0.39, 0.29) is 17.0 Å². The van der Waals surface area contributed by atoms with Crippen LogP contribution in [0.15, 0.2) is 46.9 Å². The summed E-state index contributed by atoms with van der Waals surface area (Å²) in [4.78, 5) is 0. The van der Waals surface area contributed by atoms with Gasteiger partial charge in [0.15, 0.2) is 5.11 Å². The van der Waals surface area contributed by atoms with E-state index in [9.17, 15) is 8.78 Å². The van der Waals surface area contributed by atoms with Gasteiger partial charge in [-0.2, -0.15) is 0 Å². The maximum atomic E-state index is 13.9. The van der Waals surface area contributed by atoms with Crippen molar-refractivity contribution in [2.75, 3.05) is 11.9 Å². The number of nitrogens with one attached hydrogen (secondary N) is 2. The molecule has 2 nitrogen and oxygen atoms in total. The van der Waals surface area contributed by atoms with Crippen LogP contribution in [0.4, 0.5) is 14.5 Å². The van der Waals surface area contributed by atoms with E-state index in [2.05, 4.69) is 26.6 Å². The summed E-state index contributed by atoms with van der Waals surface area (Å²) in [6, 6.07) is 11.5. The van der Waals surface area contributed by atoms with Crippen molar-refractivity contribution in [3.05, 3.63) is 64.1 Å². The first-order valence-electron chi connectivity index (χ1n) is 8.24. The number of anilines is 1. The minimum absolute atomic E-state index is 0.0578. The highest BCUT2D eigenvalue weighted by atomic mass is 79.9. The van der Waals surface area contributed by atoms with Crippen LogP contribution >= 0.6 is 28.1 Å². The predicted octanol–water partition coefficient (Wildman–Crippen LogP) is 5.53. The molecule has 0 spiro atoms. The van der Waals surface area contributed by atoms with Crippen LogP contribution in [0.25, 0.3) is 0 Å². The molecule has 1 fully saturated rings. The van der Waals surface area contributed by atoms with Crippen molar-refractivity contribution in [1.82, 2.24) is 5.32 Å². The van der Waals surface area contributed by atoms with Crippen LogP contribution in [0.5, 0.6) is 0 Å². The lowest BCUT2D eigenvalue weighted by Gasteiger charge is -2.30. The van der Waals surface area contributed by atoms with Gasteiger partial charge in [-0.3, -0.25) is 0 Å². The number of rotatable bonds is 4. The van der Waals surface area contributed by atoms with E-state index in [0.29, 0.717) is 21.8 Å². The fourth-order valence-corrected chi connectivity index (χ4v) is 3.94. The molecule has 2 aromatic rings. The van der Waals surface area contributed by atoms with E-state index in [1.165, 1.54) is 18.2 Å². The van der Waals surface area contributed by atoms with Crippen LogP contribution in [0.1, 0.15) is 31.2 Å². The molecule has 0 aliphatic heterocycles. The van der Waals surface area contributed by atoms with Crippen molar-refractivity contribution in [1.29, 1.82) is 0 Å². The molecule has 2 N–H and O–H groups in total. The van der Waals surface area contributed by atoms with E-state index in [0.717, 1.165) is 31.2 Å². The van der Waals surface area contributed by atoms with Gasteiger partial charge in [0.2, 0.25) is 0 Å². The maximum Gasteiger partial charge on any atom is 0.170 e. The molecule has 0 saturated heterocycles. The highest BCUT2D eigenvalue weighted by Gasteiger charge is 2.35. The number of hydrogen-bond acceptors (Lipinski definition) is 1. The summed E-state index contributed by atoms with van der Waals surface area (Å²) < 4.78 is 27.8. The van der Waals surface area contributed by atoms with Crippen molar-refractivity contribution in [2.24, 2.45) is 0 Å². The molecule has 2 aromatic carbocycles. The molecule has 0 radical (unpaired) electrons. The monoisotopic (exact) mass is 424 g/mol. The molecule has 1 aliphatic carbocycles. The zero-order valence-electron chi connectivity index (χ0n) is 13.6. The molecule has 0 atom stereocenters. The summed E-state index contributed by atoms with van der Waals surface area (Å²) in [5.74, 6) is -0.597. The Morgan fingerprint density at radius 1 is 1.08 bits per heavy atom. The Bertz CT molecular complexity index is 759. The predicted molar refractivity (Wildman–Crippen MR) is 105 cm³/mol. The molecule has 0 unspecified atom stereocenters. The Morgan fingerprint density at radius 2 is 1.76 bits per heavy atom. The average Bonchev–Trinajstić information content (AvgIpc) is 3.06. The molecular formula is C19H19BrF2N2S. The van der Waals surface area contributed by atoms with Gasteiger partial charge in [0.05, 0.1) is 5.69 Å². The van der Waals surface area contributed by atoms with Crippen LogP contribution in [0, 0.1) is 11.6 Å². The van der Waals surface area contributed by atoms with Crippen LogP contribution in [0.2, 0.25) is 0 Å². The zero-order chi connectivity index (χ0) is 17.9. The van der Waals surface area contributed by atoms with Gasteiger partial charge in [-0.05, 0) is 61.0 Å². The first kappa shape index (κ1) is 18.3. The Kier molecular flexibility index (Phi) is 5.69. The molecule has 3 rings (SSSR count). The second kappa shape index (κ2) is 7.79. The molecule has 1 aliphatic rings. The van der Waals surface area contributed by atoms with E-state index < -0.39 is 0 Å². The third kappa shape index (κ3) is 4.36. The van der Waals surface area contributed by atoms with Crippen molar-refractivity contribution in [3.8, 4) is 0 Å². The molecule has 132 valence electrons. The number of halogens is 3. The minimum Gasteiger partial charge on any atom is -0.362 e. The summed E-state index contributed by atoms with van der Waals surface area (Å²) in [5, 5.41) is 6.50. The molecule has 0 amide bonds. The van der Waals surface area contributed by atoms with Crippen LogP contribution < -0.4 is 10.6 Å². The van der Waals surface area contributed by atoms with Crippen LogP contribution in [-0.2, 0) is 5.41 Å². The normalized spacial score (nSPS) is 15.8. The Hall–Kier alpha value is -1.53. The Labute approximate surface area is 160 Å². The largest absolute Gasteiger partial charge is 0.362 e. The summed E-state index contributed by atoms with van der Waals surface area (Å²) in [6.07, 6.45) is 4.34. The van der Waals surface area contributed by atoms with Crippen molar-refractivity contribution in [3.63, 3.8) is 0 Å². The number of hydrogen-bond donors (Lipinski definition) is 2. The zero-order valence-corrected chi connectivity index (χ0v) is 16.0. The Balaban J connectivity index is 1.67. The highest BCUT2D eigenvalue weighted by Crippen LogP contribution is 2.40. The fraction of sp³-hybridized carbons (Fsp3) is 0.316. The fourth-order valence-electron chi connectivity index (χ4n) is 3.43. The van der Waals surface area contributed by atoms with E-state index in [4.69, 9.17) is 12.2 Å². The van der Waals surface area contributed by atoms with Gasteiger partial charge >= 0.3 is 0 Å². The molecule has 25 heavy (non-hydrogen) atoms. The molecule has 0 aromatic heterocycles. The maximum absolute atomic E-state index is 13.9. The van der Waals surface area contributed by atoms with Gasteiger partial charge in [-0.1, -0.05) is 40.9 Å². The quantitative estimate of drug-likeness (QED) is 0.631. The smallest absolute Gasteiger partial charge is 0.170 e. The molecule has 0 heterocycles. The van der Waals surface area contributed by atoms with Gasteiger partial charge in [0.25, 0.3) is 0 Å². The minimum atomic E-state index is -0.368. The van der Waals surface area contributed by atoms with Crippen LogP contribution in [-0.4, -0.2) is 11.7 Å². The topological polar surface area (TPSA) is 24.1 Å². The lowest BCUT2D eigenvalue weighted by Crippen LogP contribution is -2.40. The summed E-state index contributed by atoms with van der Waals surface area (Å²) in [5.41, 5.74) is 1.40. The van der Waals surface area contributed by atoms with Gasteiger partial charge in [-0.25, -0.2) is 8.78 Å². The van der Waals surface area contributed by atoms with E-state index in [1.807, 2.05) is 12.1 Å². The van der Waals surface area contributed by atoms with Crippen molar-refractivity contribution in [2.45, 2.75) is 31.1 Å². The molecular weight excluding hydrogens is 406 g/mol.